The topological polar surface area (TPSA) is 46.4 Å². The van der Waals surface area contributed by atoms with Crippen molar-refractivity contribution in [3.05, 3.63) is 81.4 Å². The summed E-state index contributed by atoms with van der Waals surface area (Å²) in [6.07, 6.45) is 4.00. The first-order valence-corrected chi connectivity index (χ1v) is 6.92. The lowest BCUT2D eigenvalue weighted by molar-refractivity contribution is -0.384. The molecule has 0 radical (unpaired) electrons. The van der Waals surface area contributed by atoms with Gasteiger partial charge in [0.05, 0.1) is 4.92 Å². The van der Waals surface area contributed by atoms with Gasteiger partial charge in [0.1, 0.15) is 0 Å². The molecule has 0 bridgehead atoms. The van der Waals surface area contributed by atoms with Gasteiger partial charge in [-0.15, -0.1) is 0 Å². The summed E-state index contributed by atoms with van der Waals surface area (Å²) in [5.41, 5.74) is 3.77. The maximum Gasteiger partial charge on any atom is 0.270 e. The zero-order valence-electron chi connectivity index (χ0n) is 11.6. The number of nitrogens with zero attached hydrogens (tertiary/aromatic N) is 2. The molecule has 0 saturated heterocycles. The van der Waals surface area contributed by atoms with Crippen LogP contribution in [0.15, 0.2) is 54.6 Å². The van der Waals surface area contributed by atoms with Crippen molar-refractivity contribution in [2.24, 2.45) is 0 Å². The molecular weight excluding hydrogens is 264 g/mol. The summed E-state index contributed by atoms with van der Waals surface area (Å²) in [7, 11) is 0. The number of hydrogen-bond acceptors (Lipinski definition) is 3. The Bertz CT molecular complexity index is 670. The fraction of sp³-hybridized carbons (Fsp3) is 0.176. The lowest BCUT2D eigenvalue weighted by atomic mass is 10.1. The van der Waals surface area contributed by atoms with Crippen molar-refractivity contribution < 1.29 is 4.92 Å². The van der Waals surface area contributed by atoms with E-state index in [2.05, 4.69) is 35.2 Å². The van der Waals surface area contributed by atoms with Gasteiger partial charge in [0.25, 0.3) is 5.69 Å². The average Bonchev–Trinajstić information content (AvgIpc) is 2.90. The second-order valence-electron chi connectivity index (χ2n) is 5.19. The van der Waals surface area contributed by atoms with Gasteiger partial charge in [0.15, 0.2) is 0 Å². The molecule has 0 aliphatic carbocycles. The van der Waals surface area contributed by atoms with Crippen LogP contribution in [-0.2, 0) is 13.1 Å². The molecule has 0 spiro atoms. The summed E-state index contributed by atoms with van der Waals surface area (Å²) >= 11 is 0. The van der Waals surface area contributed by atoms with Crippen molar-refractivity contribution >= 4 is 11.8 Å². The summed E-state index contributed by atoms with van der Waals surface area (Å²) in [4.78, 5) is 12.7. The lowest BCUT2D eigenvalue weighted by Gasteiger charge is -2.11. The van der Waals surface area contributed by atoms with Gasteiger partial charge in [-0.25, -0.2) is 0 Å². The van der Waals surface area contributed by atoms with Gasteiger partial charge in [-0.1, -0.05) is 48.6 Å². The Labute approximate surface area is 123 Å². The Morgan fingerprint density at radius 3 is 2.48 bits per heavy atom. The molecule has 1 aliphatic heterocycles. The van der Waals surface area contributed by atoms with Gasteiger partial charge in [0.2, 0.25) is 0 Å². The zero-order valence-corrected chi connectivity index (χ0v) is 11.6. The number of nitro groups is 1. The smallest absolute Gasteiger partial charge is 0.270 e. The predicted octanol–water partition coefficient (Wildman–Crippen LogP) is 3.62. The van der Waals surface area contributed by atoms with Crippen molar-refractivity contribution in [2.45, 2.75) is 13.1 Å². The lowest BCUT2D eigenvalue weighted by Crippen LogP contribution is -2.15. The maximum atomic E-state index is 10.7. The molecule has 0 aromatic heterocycles. The van der Waals surface area contributed by atoms with Crippen LogP contribution < -0.4 is 0 Å². The molecule has 0 atom stereocenters. The third-order valence-electron chi connectivity index (χ3n) is 3.66. The maximum absolute atomic E-state index is 10.7. The number of hydrogen-bond donors (Lipinski definition) is 0. The molecule has 1 aliphatic rings. The highest BCUT2D eigenvalue weighted by Gasteiger charge is 2.16. The standard InChI is InChI=1S/C17H16N2O2/c20-19(21)17-9-3-5-14(11-17)6-4-10-18-12-15-7-1-2-8-16(15)13-18/h1-9,11H,10,12-13H2/b6-4+. The number of benzene rings is 2. The largest absolute Gasteiger partial charge is 0.291 e. The number of fused-ring (bicyclic) bond motifs is 1. The van der Waals surface area contributed by atoms with Gasteiger partial charge >= 0.3 is 0 Å². The van der Waals surface area contributed by atoms with Gasteiger partial charge in [-0.05, 0) is 16.7 Å². The molecule has 21 heavy (non-hydrogen) atoms. The molecule has 2 aromatic carbocycles. The van der Waals surface area contributed by atoms with E-state index in [-0.39, 0.29) is 10.6 Å². The van der Waals surface area contributed by atoms with Crippen molar-refractivity contribution in [3.8, 4) is 0 Å². The highest BCUT2D eigenvalue weighted by Crippen LogP contribution is 2.22. The van der Waals surface area contributed by atoms with Crippen LogP contribution in [0.25, 0.3) is 6.08 Å². The summed E-state index contributed by atoms with van der Waals surface area (Å²) in [5, 5.41) is 10.7. The molecule has 4 nitrogen and oxygen atoms in total. The minimum Gasteiger partial charge on any atom is -0.291 e. The van der Waals surface area contributed by atoms with E-state index in [1.165, 1.54) is 17.2 Å². The summed E-state index contributed by atoms with van der Waals surface area (Å²) < 4.78 is 0. The minimum absolute atomic E-state index is 0.130. The number of nitro benzene ring substituents is 1. The van der Waals surface area contributed by atoms with Crippen LogP contribution in [0.5, 0.6) is 0 Å². The van der Waals surface area contributed by atoms with Crippen LogP contribution in [0, 0.1) is 10.1 Å². The normalized spacial score (nSPS) is 14.5. The first-order chi connectivity index (χ1) is 10.2. The van der Waals surface area contributed by atoms with Gasteiger partial charge < -0.3 is 0 Å². The van der Waals surface area contributed by atoms with Crippen LogP contribution >= 0.6 is 0 Å². The van der Waals surface area contributed by atoms with Gasteiger partial charge in [0, 0.05) is 31.8 Å². The molecular formula is C17H16N2O2. The molecule has 3 rings (SSSR count). The Hall–Kier alpha value is -2.46. The molecule has 0 fully saturated rings. The Morgan fingerprint density at radius 2 is 1.81 bits per heavy atom. The Balaban J connectivity index is 1.61. The second-order valence-corrected chi connectivity index (χ2v) is 5.19. The molecule has 0 amide bonds. The molecule has 4 heteroatoms. The van der Waals surface area contributed by atoms with E-state index >= 15 is 0 Å². The molecule has 0 N–H and O–H groups in total. The SMILES string of the molecule is O=[N+]([O-])c1cccc(/C=C/CN2Cc3ccccc3C2)c1. The first kappa shape index (κ1) is 13.5. The highest BCUT2D eigenvalue weighted by molar-refractivity contribution is 5.53. The van der Waals surface area contributed by atoms with Crippen molar-refractivity contribution in [1.29, 1.82) is 0 Å². The second kappa shape index (κ2) is 5.89. The van der Waals surface area contributed by atoms with Crippen LogP contribution in [-0.4, -0.2) is 16.4 Å². The molecule has 106 valence electrons. The number of rotatable bonds is 4. The van der Waals surface area contributed by atoms with Crippen molar-refractivity contribution in [3.63, 3.8) is 0 Å². The summed E-state index contributed by atoms with van der Waals surface area (Å²) in [6.45, 7) is 2.78. The van der Waals surface area contributed by atoms with Crippen molar-refractivity contribution in [2.75, 3.05) is 6.54 Å². The van der Waals surface area contributed by atoms with Gasteiger partial charge in [-0.3, -0.25) is 15.0 Å². The monoisotopic (exact) mass is 280 g/mol. The van der Waals surface area contributed by atoms with Crippen molar-refractivity contribution in [1.82, 2.24) is 4.90 Å². The fourth-order valence-electron chi connectivity index (χ4n) is 2.61. The first-order valence-electron chi connectivity index (χ1n) is 6.92. The molecule has 1 heterocycles. The van der Waals surface area contributed by atoms with Crippen LogP contribution in [0.3, 0.4) is 0 Å². The Morgan fingerprint density at radius 1 is 1.10 bits per heavy atom. The van der Waals surface area contributed by atoms with Crippen LogP contribution in [0.1, 0.15) is 16.7 Å². The zero-order chi connectivity index (χ0) is 14.7. The fourth-order valence-corrected chi connectivity index (χ4v) is 2.61. The van der Waals surface area contributed by atoms with Crippen LogP contribution in [0.4, 0.5) is 5.69 Å². The quantitative estimate of drug-likeness (QED) is 0.634. The van der Waals surface area contributed by atoms with Crippen LogP contribution in [0.2, 0.25) is 0 Å². The third-order valence-corrected chi connectivity index (χ3v) is 3.66. The third kappa shape index (κ3) is 3.17. The number of non-ortho nitro benzene ring substituents is 1. The van der Waals surface area contributed by atoms with E-state index in [1.807, 2.05) is 12.1 Å². The van der Waals surface area contributed by atoms with E-state index in [0.717, 1.165) is 25.2 Å². The van der Waals surface area contributed by atoms with E-state index in [4.69, 9.17) is 0 Å². The summed E-state index contributed by atoms with van der Waals surface area (Å²) in [5.74, 6) is 0. The minimum atomic E-state index is -0.367. The van der Waals surface area contributed by atoms with E-state index in [9.17, 15) is 10.1 Å². The molecule has 2 aromatic rings. The van der Waals surface area contributed by atoms with E-state index in [0.29, 0.717) is 0 Å². The average molecular weight is 280 g/mol. The molecule has 0 saturated carbocycles. The predicted molar refractivity (Wildman–Crippen MR) is 82.7 cm³/mol. The Kier molecular flexibility index (Phi) is 3.79. The highest BCUT2D eigenvalue weighted by atomic mass is 16.6. The van der Waals surface area contributed by atoms with E-state index < -0.39 is 0 Å². The van der Waals surface area contributed by atoms with E-state index in [1.54, 1.807) is 12.1 Å². The summed E-state index contributed by atoms with van der Waals surface area (Å²) in [6, 6.07) is 15.2. The van der Waals surface area contributed by atoms with Gasteiger partial charge in [-0.2, -0.15) is 0 Å². The molecule has 0 unspecified atom stereocenters.